The van der Waals surface area contributed by atoms with Crippen molar-refractivity contribution in [3.05, 3.63) is 46.3 Å². The largest absolute Gasteiger partial charge is 0.384 e. The van der Waals surface area contributed by atoms with Gasteiger partial charge in [0.05, 0.1) is 5.75 Å². The molecule has 1 heterocycles. The lowest BCUT2D eigenvalue weighted by Gasteiger charge is -2.04. The Labute approximate surface area is 119 Å². The molecule has 3 nitrogen and oxygen atoms in total. The molecular formula is C13H14BrN3S. The van der Waals surface area contributed by atoms with Gasteiger partial charge >= 0.3 is 0 Å². The van der Waals surface area contributed by atoms with E-state index >= 15 is 0 Å². The van der Waals surface area contributed by atoms with E-state index in [-0.39, 0.29) is 0 Å². The number of halogens is 1. The number of hydrogen-bond acceptors (Lipinski definition) is 4. The summed E-state index contributed by atoms with van der Waals surface area (Å²) in [4.78, 5) is 9.91. The number of anilines is 1. The van der Waals surface area contributed by atoms with Gasteiger partial charge < -0.3 is 5.73 Å². The molecular weight excluding hydrogens is 310 g/mol. The topological polar surface area (TPSA) is 51.8 Å². The van der Waals surface area contributed by atoms with Gasteiger partial charge in [-0.3, -0.25) is 0 Å². The molecule has 0 spiro atoms. The number of benzene rings is 1. The summed E-state index contributed by atoms with van der Waals surface area (Å²) in [5.41, 5.74) is 6.75. The molecule has 5 heteroatoms. The lowest BCUT2D eigenvalue weighted by Crippen LogP contribution is -2.01. The van der Waals surface area contributed by atoms with Crippen molar-refractivity contribution in [1.29, 1.82) is 0 Å². The Bertz CT molecular complexity index is 528. The van der Waals surface area contributed by atoms with Crippen molar-refractivity contribution < 1.29 is 0 Å². The van der Waals surface area contributed by atoms with Crippen molar-refractivity contribution in [3.8, 4) is 0 Å². The third kappa shape index (κ3) is 3.71. The van der Waals surface area contributed by atoms with Crippen LogP contribution in [0.1, 0.15) is 18.4 Å². The Morgan fingerprint density at radius 2 is 1.94 bits per heavy atom. The maximum Gasteiger partial charge on any atom is 0.141 e. The van der Waals surface area contributed by atoms with Gasteiger partial charge in [0.15, 0.2) is 0 Å². The molecule has 1 aromatic carbocycles. The van der Waals surface area contributed by atoms with Crippen LogP contribution in [-0.4, -0.2) is 9.97 Å². The molecule has 0 unspecified atom stereocenters. The van der Waals surface area contributed by atoms with E-state index in [9.17, 15) is 0 Å². The normalized spacial score (nSPS) is 10.6. The van der Waals surface area contributed by atoms with Crippen LogP contribution in [0.3, 0.4) is 0 Å². The van der Waals surface area contributed by atoms with Crippen LogP contribution >= 0.6 is 27.7 Å². The van der Waals surface area contributed by atoms with E-state index in [1.165, 1.54) is 4.90 Å². The number of hydrogen-bond donors (Lipinski definition) is 1. The Morgan fingerprint density at radius 1 is 1.22 bits per heavy atom. The van der Waals surface area contributed by atoms with Gasteiger partial charge in [-0.15, -0.1) is 11.8 Å². The third-order valence-corrected chi connectivity index (χ3v) is 3.93. The first-order chi connectivity index (χ1) is 8.67. The first-order valence-electron chi connectivity index (χ1n) is 5.68. The van der Waals surface area contributed by atoms with Gasteiger partial charge in [0.1, 0.15) is 11.6 Å². The summed E-state index contributed by atoms with van der Waals surface area (Å²) < 4.78 is 1.08. The Balaban J connectivity index is 2.05. The van der Waals surface area contributed by atoms with Crippen molar-refractivity contribution in [2.75, 3.05) is 5.73 Å². The molecule has 0 saturated heterocycles. The molecule has 1 aromatic heterocycles. The van der Waals surface area contributed by atoms with Crippen LogP contribution in [-0.2, 0) is 12.2 Å². The second kappa shape index (κ2) is 6.20. The standard InChI is InChI=1S/C13H14BrN3S/c1-2-10-7-12(15)17-13(16-10)8-18-11-5-3-9(14)4-6-11/h3-7H,2,8H2,1H3,(H2,15,16,17). The van der Waals surface area contributed by atoms with Crippen LogP contribution in [0.5, 0.6) is 0 Å². The minimum atomic E-state index is 0.549. The van der Waals surface area contributed by atoms with Gasteiger partial charge in [-0.2, -0.15) is 0 Å². The van der Waals surface area contributed by atoms with Gasteiger partial charge in [0, 0.05) is 21.1 Å². The number of nitrogen functional groups attached to an aromatic ring is 1. The molecule has 2 rings (SSSR count). The van der Waals surface area contributed by atoms with Crippen LogP contribution in [0.4, 0.5) is 5.82 Å². The number of nitrogens with zero attached hydrogens (tertiary/aromatic N) is 2. The molecule has 0 amide bonds. The van der Waals surface area contributed by atoms with E-state index in [2.05, 4.69) is 45.0 Å². The van der Waals surface area contributed by atoms with E-state index in [4.69, 9.17) is 5.73 Å². The zero-order valence-electron chi connectivity index (χ0n) is 10.1. The molecule has 0 radical (unpaired) electrons. The Hall–Kier alpha value is -1.07. The molecule has 0 bridgehead atoms. The van der Waals surface area contributed by atoms with Gasteiger partial charge in [0.2, 0.25) is 0 Å². The highest BCUT2D eigenvalue weighted by Crippen LogP contribution is 2.23. The summed E-state index contributed by atoms with van der Waals surface area (Å²) in [7, 11) is 0. The van der Waals surface area contributed by atoms with Crippen molar-refractivity contribution >= 4 is 33.5 Å². The van der Waals surface area contributed by atoms with Gasteiger partial charge in [-0.25, -0.2) is 9.97 Å². The fraction of sp³-hybridized carbons (Fsp3) is 0.231. The molecule has 0 fully saturated rings. The van der Waals surface area contributed by atoms with Gasteiger partial charge in [-0.05, 0) is 30.7 Å². The predicted octanol–water partition coefficient (Wildman–Crippen LogP) is 3.68. The van der Waals surface area contributed by atoms with Crippen molar-refractivity contribution in [2.45, 2.75) is 24.0 Å². The number of aromatic nitrogens is 2. The lowest BCUT2D eigenvalue weighted by molar-refractivity contribution is 0.945. The van der Waals surface area contributed by atoms with E-state index in [0.29, 0.717) is 5.82 Å². The van der Waals surface area contributed by atoms with Crippen molar-refractivity contribution in [3.63, 3.8) is 0 Å². The summed E-state index contributed by atoms with van der Waals surface area (Å²) in [5.74, 6) is 2.08. The number of nitrogens with two attached hydrogens (primary N) is 1. The molecule has 0 aliphatic rings. The molecule has 0 saturated carbocycles. The van der Waals surface area contributed by atoms with Crippen molar-refractivity contribution in [1.82, 2.24) is 9.97 Å². The molecule has 94 valence electrons. The molecule has 0 aliphatic heterocycles. The van der Waals surface area contributed by atoms with Crippen LogP contribution < -0.4 is 5.73 Å². The minimum absolute atomic E-state index is 0.549. The lowest BCUT2D eigenvalue weighted by atomic mass is 10.3. The van der Waals surface area contributed by atoms with Gasteiger partial charge in [-0.1, -0.05) is 22.9 Å². The number of thioether (sulfide) groups is 1. The van der Waals surface area contributed by atoms with E-state index in [0.717, 1.165) is 28.2 Å². The van der Waals surface area contributed by atoms with Crippen LogP contribution in [0, 0.1) is 0 Å². The average Bonchev–Trinajstić information content (AvgIpc) is 2.37. The maximum atomic E-state index is 5.76. The second-order valence-electron chi connectivity index (χ2n) is 3.80. The van der Waals surface area contributed by atoms with E-state index < -0.39 is 0 Å². The first-order valence-corrected chi connectivity index (χ1v) is 7.46. The molecule has 0 aliphatic carbocycles. The third-order valence-electron chi connectivity index (χ3n) is 2.39. The summed E-state index contributed by atoms with van der Waals surface area (Å²) in [5, 5.41) is 0. The zero-order chi connectivity index (χ0) is 13.0. The first kappa shape index (κ1) is 13.4. The quantitative estimate of drug-likeness (QED) is 0.872. The minimum Gasteiger partial charge on any atom is -0.384 e. The predicted molar refractivity (Wildman–Crippen MR) is 79.5 cm³/mol. The molecule has 2 N–H and O–H groups in total. The smallest absolute Gasteiger partial charge is 0.141 e. The van der Waals surface area contributed by atoms with Crippen LogP contribution in [0.15, 0.2) is 39.7 Å². The summed E-state index contributed by atoms with van der Waals surface area (Å²) in [6, 6.07) is 10.0. The van der Waals surface area contributed by atoms with E-state index in [1.807, 2.05) is 18.2 Å². The fourth-order valence-corrected chi connectivity index (χ4v) is 2.52. The maximum absolute atomic E-state index is 5.76. The fourth-order valence-electron chi connectivity index (χ4n) is 1.50. The second-order valence-corrected chi connectivity index (χ2v) is 5.76. The summed E-state index contributed by atoms with van der Waals surface area (Å²) in [6.07, 6.45) is 0.878. The summed E-state index contributed by atoms with van der Waals surface area (Å²) >= 11 is 5.13. The SMILES string of the molecule is CCc1cc(N)nc(CSc2ccc(Br)cc2)n1. The Morgan fingerprint density at radius 3 is 2.61 bits per heavy atom. The number of rotatable bonds is 4. The van der Waals surface area contributed by atoms with Crippen LogP contribution in [0.25, 0.3) is 0 Å². The van der Waals surface area contributed by atoms with E-state index in [1.54, 1.807) is 11.8 Å². The van der Waals surface area contributed by atoms with Gasteiger partial charge in [0.25, 0.3) is 0 Å². The highest BCUT2D eigenvalue weighted by Gasteiger charge is 2.03. The van der Waals surface area contributed by atoms with Crippen LogP contribution in [0.2, 0.25) is 0 Å². The average molecular weight is 324 g/mol. The van der Waals surface area contributed by atoms with Crippen molar-refractivity contribution in [2.24, 2.45) is 0 Å². The highest BCUT2D eigenvalue weighted by molar-refractivity contribution is 9.10. The molecule has 0 atom stereocenters. The molecule has 18 heavy (non-hydrogen) atoms. The number of aryl methyl sites for hydroxylation is 1. The highest BCUT2D eigenvalue weighted by atomic mass is 79.9. The monoisotopic (exact) mass is 323 g/mol. The zero-order valence-corrected chi connectivity index (χ0v) is 12.5. The summed E-state index contributed by atoms with van der Waals surface area (Å²) in [6.45, 7) is 2.06. The Kier molecular flexibility index (Phi) is 4.60. The molecule has 2 aromatic rings.